The van der Waals surface area contributed by atoms with E-state index in [0.717, 1.165) is 5.57 Å². The van der Waals surface area contributed by atoms with Gasteiger partial charge in [-0.05, 0) is 24.3 Å². The highest BCUT2D eigenvalue weighted by atomic mass is 16.6. The van der Waals surface area contributed by atoms with Crippen molar-refractivity contribution in [3.8, 4) is 11.5 Å². The third-order valence-corrected chi connectivity index (χ3v) is 5.00. The van der Waals surface area contributed by atoms with Gasteiger partial charge in [0.25, 0.3) is 5.84 Å². The third-order valence-electron chi connectivity index (χ3n) is 5.00. The number of quaternary nitrogens is 1. The SMILES string of the molecule is N[N+]12C=CN=CC1=C(C1=CC=C1)N=C2c1ccc(Oc2ccccc2)c([N+](=O)[O-])c1. The molecule has 0 radical (unpaired) electrons. The molecule has 3 aliphatic rings. The van der Waals surface area contributed by atoms with Crippen molar-refractivity contribution in [2.75, 3.05) is 0 Å². The van der Waals surface area contributed by atoms with Crippen molar-refractivity contribution < 1.29 is 14.3 Å². The van der Waals surface area contributed by atoms with Gasteiger partial charge in [-0.2, -0.15) is 10.8 Å². The first kappa shape index (κ1) is 17.9. The van der Waals surface area contributed by atoms with E-state index < -0.39 is 4.92 Å². The predicted molar refractivity (Wildman–Crippen MR) is 112 cm³/mol. The Labute approximate surface area is 171 Å². The molecule has 0 amide bonds. The van der Waals surface area contributed by atoms with E-state index in [9.17, 15) is 10.1 Å². The lowest BCUT2D eigenvalue weighted by Crippen LogP contribution is -2.53. The summed E-state index contributed by atoms with van der Waals surface area (Å²) in [6, 6.07) is 13.6. The first-order valence-electron chi connectivity index (χ1n) is 9.19. The van der Waals surface area contributed by atoms with Gasteiger partial charge in [0.05, 0.1) is 22.9 Å². The first-order valence-corrected chi connectivity index (χ1v) is 9.19. The molecule has 0 saturated heterocycles. The van der Waals surface area contributed by atoms with Gasteiger partial charge in [0.1, 0.15) is 17.6 Å². The molecule has 2 aromatic carbocycles. The van der Waals surface area contributed by atoms with E-state index in [1.54, 1.807) is 55.0 Å². The number of allylic oxidation sites excluding steroid dienone is 4. The lowest BCUT2D eigenvalue weighted by Gasteiger charge is -2.26. The van der Waals surface area contributed by atoms with Crippen molar-refractivity contribution in [2.45, 2.75) is 0 Å². The molecule has 30 heavy (non-hydrogen) atoms. The van der Waals surface area contributed by atoms with Crippen LogP contribution in [0.5, 0.6) is 11.5 Å². The highest BCUT2D eigenvalue weighted by Crippen LogP contribution is 2.38. The average Bonchev–Trinajstić information content (AvgIpc) is 3.00. The number of nitrogens with two attached hydrogens (primary N) is 1. The summed E-state index contributed by atoms with van der Waals surface area (Å²) >= 11 is 0. The fourth-order valence-electron chi connectivity index (χ4n) is 3.44. The van der Waals surface area contributed by atoms with Gasteiger partial charge < -0.3 is 4.74 Å². The van der Waals surface area contributed by atoms with Gasteiger partial charge >= 0.3 is 5.69 Å². The van der Waals surface area contributed by atoms with Gasteiger partial charge in [0.2, 0.25) is 11.4 Å². The lowest BCUT2D eigenvalue weighted by atomic mass is 10.0. The van der Waals surface area contributed by atoms with Crippen molar-refractivity contribution in [2.24, 2.45) is 15.8 Å². The van der Waals surface area contributed by atoms with Crippen LogP contribution in [-0.4, -0.2) is 21.6 Å². The maximum absolute atomic E-state index is 11.8. The van der Waals surface area contributed by atoms with Crippen LogP contribution in [0, 0.1) is 10.1 Å². The third kappa shape index (κ3) is 2.79. The molecule has 8 heteroatoms. The van der Waals surface area contributed by atoms with E-state index >= 15 is 0 Å². The van der Waals surface area contributed by atoms with E-state index in [1.165, 1.54) is 6.07 Å². The topological polar surface area (TPSA) is 103 Å². The number of hydrogen-bond acceptors (Lipinski definition) is 6. The second-order valence-electron chi connectivity index (χ2n) is 6.86. The number of nitro benzene ring substituents is 1. The number of fused-ring (bicyclic) bond motifs is 1. The number of para-hydroxylation sites is 1. The Balaban J connectivity index is 1.57. The van der Waals surface area contributed by atoms with Gasteiger partial charge in [-0.25, -0.2) is 0 Å². The zero-order chi connectivity index (χ0) is 20.7. The molecule has 0 spiro atoms. The summed E-state index contributed by atoms with van der Waals surface area (Å²) in [4.78, 5) is 20.2. The van der Waals surface area contributed by atoms with Gasteiger partial charge in [-0.15, -0.1) is 4.59 Å². The van der Waals surface area contributed by atoms with Gasteiger partial charge in [0.15, 0.2) is 0 Å². The van der Waals surface area contributed by atoms with E-state index in [0.29, 0.717) is 28.5 Å². The molecule has 1 aliphatic carbocycles. The summed E-state index contributed by atoms with van der Waals surface area (Å²) < 4.78 is 5.52. The van der Waals surface area contributed by atoms with Crippen LogP contribution in [0.2, 0.25) is 0 Å². The van der Waals surface area contributed by atoms with Crippen LogP contribution in [0.1, 0.15) is 5.56 Å². The molecule has 2 aliphatic heterocycles. The second kappa shape index (κ2) is 6.73. The van der Waals surface area contributed by atoms with Gasteiger partial charge in [-0.3, -0.25) is 15.1 Å². The smallest absolute Gasteiger partial charge is 0.312 e. The Kier molecular flexibility index (Phi) is 4.02. The minimum atomic E-state index is -0.474. The molecule has 0 saturated carbocycles. The van der Waals surface area contributed by atoms with Crippen molar-refractivity contribution >= 4 is 17.7 Å². The first-order chi connectivity index (χ1) is 14.6. The minimum absolute atomic E-state index is 0.144. The average molecular weight is 398 g/mol. The Morgan fingerprint density at radius 3 is 2.63 bits per heavy atom. The number of hydrogen-bond donors (Lipinski definition) is 1. The normalized spacial score (nSPS) is 21.1. The highest BCUT2D eigenvalue weighted by Gasteiger charge is 2.45. The Morgan fingerprint density at radius 2 is 1.93 bits per heavy atom. The monoisotopic (exact) mass is 398 g/mol. The molecule has 8 nitrogen and oxygen atoms in total. The van der Waals surface area contributed by atoms with Crippen molar-refractivity contribution in [1.82, 2.24) is 0 Å². The summed E-state index contributed by atoms with van der Waals surface area (Å²) in [5.41, 5.74) is 2.71. The Morgan fingerprint density at radius 1 is 1.13 bits per heavy atom. The molecule has 1 unspecified atom stereocenters. The maximum atomic E-state index is 11.8. The molecule has 0 fully saturated rings. The summed E-state index contributed by atoms with van der Waals surface area (Å²) in [5.74, 6) is 7.78. The lowest BCUT2D eigenvalue weighted by molar-refractivity contribution is -0.750. The standard InChI is InChI=1S/C22H16N5O3/c23-27-12-11-24-14-19(27)21(15-5-4-6-15)25-22(27)16-9-10-20(18(13-16)26(28)29)30-17-7-2-1-3-8-17/h1-14H,23H2/q+1. The van der Waals surface area contributed by atoms with E-state index in [-0.39, 0.29) is 16.0 Å². The van der Waals surface area contributed by atoms with E-state index in [1.807, 2.05) is 24.3 Å². The van der Waals surface area contributed by atoms with Crippen LogP contribution in [0.4, 0.5) is 5.69 Å². The quantitative estimate of drug-likeness (QED) is 0.354. The van der Waals surface area contributed by atoms with Crippen LogP contribution in [-0.2, 0) is 0 Å². The molecule has 2 heterocycles. The fraction of sp³-hybridized carbons (Fsp3) is 0. The van der Waals surface area contributed by atoms with Gasteiger partial charge in [0, 0.05) is 11.6 Å². The van der Waals surface area contributed by atoms with Crippen LogP contribution < -0.4 is 10.6 Å². The van der Waals surface area contributed by atoms with Crippen molar-refractivity contribution in [3.05, 3.63) is 112 Å². The molecule has 5 rings (SSSR count). The van der Waals surface area contributed by atoms with Crippen molar-refractivity contribution in [3.63, 3.8) is 0 Å². The molecular formula is C22H16N5O3+. The van der Waals surface area contributed by atoms with Crippen LogP contribution in [0.15, 0.2) is 106 Å². The Bertz CT molecular complexity index is 1250. The van der Waals surface area contributed by atoms with E-state index in [4.69, 9.17) is 15.6 Å². The molecule has 146 valence electrons. The Hall–Kier alpha value is -4.14. The molecular weight excluding hydrogens is 382 g/mol. The molecule has 1 atom stereocenters. The number of aliphatic imine (C=N–C) groups is 2. The van der Waals surface area contributed by atoms with Crippen LogP contribution in [0.3, 0.4) is 0 Å². The maximum Gasteiger partial charge on any atom is 0.312 e. The highest BCUT2D eigenvalue weighted by molar-refractivity contribution is 6.02. The number of nitrogens with zero attached hydrogens (tertiary/aromatic N) is 4. The van der Waals surface area contributed by atoms with E-state index in [2.05, 4.69) is 4.99 Å². The van der Waals surface area contributed by atoms with Gasteiger partial charge in [-0.1, -0.05) is 36.4 Å². The summed E-state index contributed by atoms with van der Waals surface area (Å²) in [5, 5.41) is 11.8. The summed E-state index contributed by atoms with van der Waals surface area (Å²) in [7, 11) is 0. The number of ether oxygens (including phenoxy) is 1. The number of benzene rings is 2. The number of amidine groups is 1. The minimum Gasteiger partial charge on any atom is -0.450 e. The second-order valence-corrected chi connectivity index (χ2v) is 6.86. The molecule has 0 aromatic heterocycles. The zero-order valence-electron chi connectivity index (χ0n) is 15.7. The van der Waals surface area contributed by atoms with Crippen LogP contribution >= 0.6 is 0 Å². The fourth-order valence-corrected chi connectivity index (χ4v) is 3.44. The zero-order valence-corrected chi connectivity index (χ0v) is 15.7. The predicted octanol–water partition coefficient (Wildman–Crippen LogP) is 4.10. The summed E-state index contributed by atoms with van der Waals surface area (Å²) in [6.07, 6.45) is 10.7. The largest absolute Gasteiger partial charge is 0.450 e. The molecule has 2 N–H and O–H groups in total. The van der Waals surface area contributed by atoms with Crippen molar-refractivity contribution in [1.29, 1.82) is 0 Å². The van der Waals surface area contributed by atoms with Crippen LogP contribution in [0.25, 0.3) is 0 Å². The summed E-state index contributed by atoms with van der Waals surface area (Å²) in [6.45, 7) is 0. The molecule has 0 bridgehead atoms. The molecule has 2 aromatic rings. The number of nitro groups is 1. The number of rotatable bonds is 5.